The second-order valence-corrected chi connectivity index (χ2v) is 24.0. The summed E-state index contributed by atoms with van der Waals surface area (Å²) in [5.41, 5.74) is 9.29. The van der Waals surface area contributed by atoms with Crippen LogP contribution in [0.5, 0.6) is 11.5 Å². The predicted molar refractivity (Wildman–Crippen MR) is 313 cm³/mol. The van der Waals surface area contributed by atoms with Gasteiger partial charge in [0.25, 0.3) is 0 Å². The molecule has 73 heavy (non-hydrogen) atoms. The van der Waals surface area contributed by atoms with Crippen molar-refractivity contribution in [1.29, 1.82) is 0 Å². The highest BCUT2D eigenvalue weighted by atomic mass is 32.1. The Morgan fingerprint density at radius 1 is 0.479 bits per heavy atom. The molecule has 4 aromatic heterocycles. The van der Waals surface area contributed by atoms with Gasteiger partial charge >= 0.3 is 5.97 Å². The summed E-state index contributed by atoms with van der Waals surface area (Å²) in [7, 11) is -0.784. The molecular formula is C64H64NO4PS3. The maximum absolute atomic E-state index is 12.6. The molecule has 0 radical (unpaired) electrons. The van der Waals surface area contributed by atoms with Gasteiger partial charge in [-0.15, -0.1) is 34.0 Å². The number of anilines is 3. The normalized spacial score (nSPS) is 12.2. The average molecular weight is 1040 g/mol. The number of nitrogens with zero attached hydrogens (tertiary/aromatic N) is 1. The van der Waals surface area contributed by atoms with Gasteiger partial charge in [0.1, 0.15) is 11.5 Å². The minimum absolute atomic E-state index is 0.270. The molecule has 0 fully saturated rings. The molecule has 5 aromatic carbocycles. The van der Waals surface area contributed by atoms with E-state index in [0.717, 1.165) is 67.5 Å². The number of hydrogen-bond acceptors (Lipinski definition) is 8. The highest BCUT2D eigenvalue weighted by Gasteiger charge is 2.30. The fourth-order valence-corrected chi connectivity index (χ4v) is 16.4. The van der Waals surface area contributed by atoms with Crippen molar-refractivity contribution in [2.24, 2.45) is 0 Å². The molecule has 0 amide bonds. The van der Waals surface area contributed by atoms with Crippen molar-refractivity contribution in [2.45, 2.75) is 91.4 Å². The Morgan fingerprint density at radius 2 is 0.945 bits per heavy atom. The Kier molecular flexibility index (Phi) is 16.7. The molecule has 4 heterocycles. The highest BCUT2D eigenvalue weighted by molar-refractivity contribution is 7.64. The molecule has 9 aromatic rings. The second kappa shape index (κ2) is 24.3. The topological polar surface area (TPSA) is 48.0 Å². The lowest BCUT2D eigenvalue weighted by Gasteiger charge is -2.26. The summed E-state index contributed by atoms with van der Waals surface area (Å²) in [6, 6.07) is 59.1. The van der Waals surface area contributed by atoms with Crippen LogP contribution in [0.2, 0.25) is 0 Å². The Labute approximate surface area is 445 Å². The van der Waals surface area contributed by atoms with E-state index < -0.39 is 7.53 Å². The minimum atomic E-state index is -0.784. The van der Waals surface area contributed by atoms with Crippen LogP contribution in [0.25, 0.3) is 56.3 Å². The Hall–Kier alpha value is -6.15. The maximum atomic E-state index is 12.6. The molecule has 10 rings (SSSR count). The summed E-state index contributed by atoms with van der Waals surface area (Å²) in [5.74, 6) is 1.54. The molecule has 372 valence electrons. The van der Waals surface area contributed by atoms with Gasteiger partial charge in [-0.2, -0.15) is 0 Å². The third-order valence-corrected chi connectivity index (χ3v) is 20.2. The predicted octanol–water partition coefficient (Wildman–Crippen LogP) is 20.2. The van der Waals surface area contributed by atoms with Crippen LogP contribution < -0.4 is 14.4 Å². The van der Waals surface area contributed by atoms with Crippen LogP contribution in [-0.4, -0.2) is 25.8 Å². The van der Waals surface area contributed by atoms with E-state index in [1.165, 1.54) is 112 Å². The first-order chi connectivity index (χ1) is 36.0. The number of thiophene rings is 3. The number of unbranched alkanes of at least 4 members (excludes halogenated alkanes) is 6. The monoisotopic (exact) mass is 1040 g/mol. The van der Waals surface area contributed by atoms with Crippen LogP contribution in [0.1, 0.15) is 100 Å². The van der Waals surface area contributed by atoms with E-state index in [2.05, 4.69) is 170 Å². The number of fused-ring (bicyclic) bond motifs is 1. The highest BCUT2D eigenvalue weighted by Crippen LogP contribution is 2.64. The van der Waals surface area contributed by atoms with Gasteiger partial charge in [0, 0.05) is 56.9 Å². The minimum Gasteiger partial charge on any atom is -0.494 e. The summed E-state index contributed by atoms with van der Waals surface area (Å²) in [6.45, 7) is 8.18. The summed E-state index contributed by atoms with van der Waals surface area (Å²) in [5, 5.41) is 4.32. The smallest absolute Gasteiger partial charge is 0.338 e. The maximum Gasteiger partial charge on any atom is 0.338 e. The number of benzene rings is 5. The van der Waals surface area contributed by atoms with E-state index >= 15 is 0 Å². The summed E-state index contributed by atoms with van der Waals surface area (Å²) in [4.78, 5) is 22.7. The number of carbonyl (C=O) groups excluding carboxylic acids is 1. The van der Waals surface area contributed by atoms with Crippen LogP contribution in [-0.2, 0) is 17.6 Å². The Balaban J connectivity index is 0.882. The van der Waals surface area contributed by atoms with Crippen molar-refractivity contribution in [3.63, 3.8) is 0 Å². The molecule has 9 heteroatoms. The van der Waals surface area contributed by atoms with Gasteiger partial charge in [0.15, 0.2) is 0 Å². The summed E-state index contributed by atoms with van der Waals surface area (Å²) in [6.07, 6.45) is 12.9. The lowest BCUT2D eigenvalue weighted by atomic mass is 10.0. The molecule has 0 aliphatic heterocycles. The molecule has 0 spiro atoms. The lowest BCUT2D eigenvalue weighted by Crippen LogP contribution is -2.10. The van der Waals surface area contributed by atoms with Gasteiger partial charge in [-0.05, 0) is 176 Å². The molecule has 5 nitrogen and oxygen atoms in total. The largest absolute Gasteiger partial charge is 0.494 e. The van der Waals surface area contributed by atoms with E-state index in [1.807, 2.05) is 53.1 Å². The van der Waals surface area contributed by atoms with Crippen molar-refractivity contribution in [2.75, 3.05) is 24.7 Å². The fourth-order valence-electron chi connectivity index (χ4n) is 9.89. The van der Waals surface area contributed by atoms with E-state index in [9.17, 15) is 4.79 Å². The van der Waals surface area contributed by atoms with Crippen molar-refractivity contribution in [3.8, 4) is 67.8 Å². The lowest BCUT2D eigenvalue weighted by molar-refractivity contribution is 0.0526. The van der Waals surface area contributed by atoms with Crippen molar-refractivity contribution >= 4 is 64.6 Å². The molecule has 0 saturated heterocycles. The first-order valence-electron chi connectivity index (χ1n) is 26.3. The van der Waals surface area contributed by atoms with Crippen LogP contribution in [0.15, 0.2) is 164 Å². The second-order valence-electron chi connectivity index (χ2n) is 18.7. The Bertz CT molecular complexity index is 3140. The molecule has 0 saturated carbocycles. The quantitative estimate of drug-likeness (QED) is 0.0472. The molecule has 1 unspecified atom stereocenters. The van der Waals surface area contributed by atoms with Crippen LogP contribution >= 0.6 is 41.5 Å². The van der Waals surface area contributed by atoms with Gasteiger partial charge in [-0.25, -0.2) is 4.79 Å². The number of hydrogen-bond donors (Lipinski definition) is 0. The number of rotatable bonds is 23. The number of ether oxygens (including phenoxy) is 3. The number of esters is 1. The SMILES string of the molecule is CCCCCCOc1ccc(N(c2ccc(OCCCCCC)cc2)c2ccc(-c3ccc(-c4ccc(-c5ccc(-c6c7c(c(-c8ccc(C(=O)OCC)cc8)p6-c6ccccc6)CCC7)s5)s4)s3)cc2)cc1. The Morgan fingerprint density at radius 3 is 1.48 bits per heavy atom. The summed E-state index contributed by atoms with van der Waals surface area (Å²) < 4.78 is 17.6. The number of carbonyl (C=O) groups is 1. The van der Waals surface area contributed by atoms with Crippen molar-refractivity contribution < 1.29 is 19.0 Å². The van der Waals surface area contributed by atoms with E-state index in [1.54, 1.807) is 0 Å². The van der Waals surface area contributed by atoms with Crippen molar-refractivity contribution in [1.82, 2.24) is 0 Å². The molecule has 0 bridgehead atoms. The molecule has 0 N–H and O–H groups in total. The third-order valence-electron chi connectivity index (χ3n) is 13.6. The summed E-state index contributed by atoms with van der Waals surface area (Å²) >= 11 is 5.66. The first kappa shape index (κ1) is 50.4. The van der Waals surface area contributed by atoms with Gasteiger partial charge < -0.3 is 19.1 Å². The van der Waals surface area contributed by atoms with Crippen LogP contribution in [0.4, 0.5) is 17.1 Å². The van der Waals surface area contributed by atoms with E-state index in [0.29, 0.717) is 12.2 Å². The molecule has 1 atom stereocenters. The molecular weight excluding hydrogens is 974 g/mol. The zero-order valence-electron chi connectivity index (χ0n) is 42.2. The average Bonchev–Trinajstić information content (AvgIpc) is 4.31. The molecule has 1 aliphatic carbocycles. The fraction of sp³-hybridized carbons (Fsp3) is 0.266. The van der Waals surface area contributed by atoms with E-state index in [4.69, 9.17) is 14.2 Å². The first-order valence-corrected chi connectivity index (χ1v) is 30.0. The van der Waals surface area contributed by atoms with E-state index in [-0.39, 0.29) is 5.97 Å². The zero-order valence-corrected chi connectivity index (χ0v) is 45.6. The van der Waals surface area contributed by atoms with Gasteiger partial charge in [-0.3, -0.25) is 0 Å². The standard InChI is InChI=1S/C64H64NO4PS3/c1-4-7-9-14-43-68-51-33-29-49(30-34-51)65(50-31-35-52(36-32-50)69-44-15-10-8-5-2)48-27-25-45(26-28-48)56-37-38-57(71-56)58-39-40-59(72-58)60-41-42-61(73-60)63-55-20-16-19-54(55)62(70(63)53-17-12-11-13-18-53)46-21-23-47(24-22-46)64(66)67-6-3/h11-13,17-18,21-42H,4-10,14-16,19-20,43-44H2,1-3H3. The third kappa shape index (κ3) is 11.6. The molecule has 1 aliphatic rings. The van der Waals surface area contributed by atoms with Gasteiger partial charge in [0.05, 0.1) is 25.4 Å². The van der Waals surface area contributed by atoms with Crippen LogP contribution in [0, 0.1) is 0 Å². The zero-order chi connectivity index (χ0) is 49.9. The van der Waals surface area contributed by atoms with Gasteiger partial charge in [-0.1, -0.05) is 115 Å². The van der Waals surface area contributed by atoms with Crippen LogP contribution in [0.3, 0.4) is 0 Å². The van der Waals surface area contributed by atoms with Gasteiger partial charge in [0.2, 0.25) is 0 Å². The van der Waals surface area contributed by atoms with Crippen molar-refractivity contribution in [3.05, 3.63) is 180 Å².